The lowest BCUT2D eigenvalue weighted by Gasteiger charge is -2.22. The number of fused-ring (bicyclic) bond motifs is 9. The zero-order valence-electron chi connectivity index (χ0n) is 83.0. The van der Waals surface area contributed by atoms with Crippen LogP contribution >= 0.6 is 0 Å². The molecule has 698 valence electrons. The van der Waals surface area contributed by atoms with Crippen molar-refractivity contribution < 1.29 is 0 Å². The van der Waals surface area contributed by atoms with Crippen LogP contribution in [0.3, 0.4) is 0 Å². The molecule has 0 aliphatic carbocycles. The second-order valence-electron chi connectivity index (χ2n) is 40.1. The van der Waals surface area contributed by atoms with Crippen molar-refractivity contribution in [2.24, 2.45) is 0 Å². The molecule has 0 fully saturated rings. The standard InChI is InChI=1S/C49H37NSi.C48H36N2Si.C42H32N2Si/c1-51(2)48-19-10-9-16-44(48)45-18-11-17-43(49(45)51)39-28-24-37(25-29-39)36-20-22-38(23-21-36)42-32-46(40-14-7-4-8-15-40)50-47(33-42)41-30-26-35(27-31-41)34-12-5-3-6-13-34;1-51(2)46-22-10-9-19-42(46)43-21-12-20-41(47(43)51)36-27-23-34(24-28-36)35-25-29-37(30-26-35)44-32-45(50-48(49-44)38-15-7-4-8-16-38)40-18-11-17-39(31-40)33-13-5-3-6-14-33;1-45(2)40-19-10-9-16-36(40)37-18-11-17-35(41(37)45)31-24-20-29(21-25-31)30-22-26-34(27-23-30)42-43-38(32-12-5-3-6-13-32)28-39(44-42)33-14-7-4-8-15-33/h3-33H,1-2H3;3-32H,1-2H3;3-28H,1-2H3. The summed E-state index contributed by atoms with van der Waals surface area (Å²) < 4.78 is 0. The fourth-order valence-electron chi connectivity index (χ4n) is 22.4. The Morgan fingerprint density at radius 3 is 0.612 bits per heavy atom. The Bertz CT molecular complexity index is 8750. The van der Waals surface area contributed by atoms with Crippen LogP contribution in [0.4, 0.5) is 0 Å². The van der Waals surface area contributed by atoms with Crippen molar-refractivity contribution in [1.29, 1.82) is 0 Å². The zero-order chi connectivity index (χ0) is 99.1. The van der Waals surface area contributed by atoms with Crippen molar-refractivity contribution in [2.75, 3.05) is 0 Å². The van der Waals surface area contributed by atoms with E-state index in [0.717, 1.165) is 101 Å². The van der Waals surface area contributed by atoms with E-state index in [0.29, 0.717) is 0 Å². The first-order valence-corrected chi connectivity index (χ1v) is 59.8. The molecule has 0 saturated carbocycles. The van der Waals surface area contributed by atoms with Crippen molar-refractivity contribution in [3.05, 3.63) is 528 Å². The number of rotatable bonds is 17. The molecular weight excluding hydrogens is 1820 g/mol. The lowest BCUT2D eigenvalue weighted by molar-refractivity contribution is 1.18. The van der Waals surface area contributed by atoms with E-state index in [1.807, 2.05) is 60.7 Å². The molecule has 23 aromatic rings. The van der Waals surface area contributed by atoms with Gasteiger partial charge >= 0.3 is 0 Å². The van der Waals surface area contributed by atoms with Gasteiger partial charge in [0, 0.05) is 44.5 Å². The first-order valence-electron chi connectivity index (χ1n) is 50.8. The molecule has 0 unspecified atom stereocenters. The van der Waals surface area contributed by atoms with Gasteiger partial charge in [-0.25, -0.2) is 24.9 Å². The molecule has 26 rings (SSSR count). The summed E-state index contributed by atoms with van der Waals surface area (Å²) in [4.78, 5) is 25.3. The molecular formula is C139H105N5Si3. The minimum absolute atomic E-state index is 0.717. The average Bonchev–Trinajstić information content (AvgIpc) is 1.58. The predicted octanol–water partition coefficient (Wildman–Crippen LogP) is 32.8. The van der Waals surface area contributed by atoms with Crippen LogP contribution in [0, 0.1) is 0 Å². The van der Waals surface area contributed by atoms with Gasteiger partial charge in [0.1, 0.15) is 24.2 Å². The highest BCUT2D eigenvalue weighted by Crippen LogP contribution is 2.43. The van der Waals surface area contributed by atoms with Gasteiger partial charge in [0.2, 0.25) is 0 Å². The second-order valence-corrected chi connectivity index (χ2v) is 52.9. The molecule has 0 amide bonds. The molecule has 3 aromatic heterocycles. The second kappa shape index (κ2) is 39.2. The lowest BCUT2D eigenvalue weighted by atomic mass is 9.95. The largest absolute Gasteiger partial charge is 0.248 e. The summed E-state index contributed by atoms with van der Waals surface area (Å²) in [5.74, 6) is 1.44. The quantitative estimate of drug-likeness (QED) is 0.0850. The Kier molecular flexibility index (Phi) is 24.5. The maximum Gasteiger partial charge on any atom is 0.160 e. The van der Waals surface area contributed by atoms with Crippen LogP contribution in [0.15, 0.2) is 528 Å². The highest BCUT2D eigenvalue weighted by atomic mass is 28.3. The first kappa shape index (κ1) is 91.8. The van der Waals surface area contributed by atoms with Crippen LogP contribution in [-0.4, -0.2) is 49.1 Å². The third kappa shape index (κ3) is 18.0. The van der Waals surface area contributed by atoms with E-state index in [-0.39, 0.29) is 0 Å². The van der Waals surface area contributed by atoms with Gasteiger partial charge in [0.25, 0.3) is 0 Å². The van der Waals surface area contributed by atoms with E-state index in [1.165, 1.54) is 128 Å². The topological polar surface area (TPSA) is 64.5 Å². The van der Waals surface area contributed by atoms with Crippen LogP contribution in [-0.2, 0) is 0 Å². The van der Waals surface area contributed by atoms with Crippen LogP contribution < -0.4 is 31.1 Å². The summed E-state index contributed by atoms with van der Waals surface area (Å²) in [6, 6.07) is 189. The van der Waals surface area contributed by atoms with Crippen molar-refractivity contribution in [3.63, 3.8) is 0 Å². The van der Waals surface area contributed by atoms with E-state index in [2.05, 4.69) is 506 Å². The van der Waals surface area contributed by atoms with E-state index in [4.69, 9.17) is 24.9 Å². The SMILES string of the molecule is C[Si]1(C)c2ccccc2-c2cccc(-c3ccc(-c4ccc(-c5cc(-c6cccc(-c7ccccc7)c6)nc(-c6ccccc6)n5)cc4)cc3)c21.C[Si]1(C)c2ccccc2-c2cccc(-c3ccc(-c4ccc(-c5cc(-c6ccccc6)nc(-c6ccc(-c7ccccc7)cc6)c5)cc4)cc3)c21.C[Si]1(C)c2ccccc2-c2cccc(-c3ccc(-c4ccc(-c5nc(-c6ccccc6)cc(-c6ccccc6)n5)cc4)cc3)c21. The fraction of sp³-hybridized carbons (Fsp3) is 0.0432. The Labute approximate surface area is 864 Å². The van der Waals surface area contributed by atoms with Crippen molar-refractivity contribution in [2.45, 2.75) is 39.3 Å². The smallest absolute Gasteiger partial charge is 0.160 e. The van der Waals surface area contributed by atoms with Gasteiger partial charge in [-0.15, -0.1) is 0 Å². The molecule has 0 radical (unpaired) electrons. The van der Waals surface area contributed by atoms with Crippen LogP contribution in [0.2, 0.25) is 39.3 Å². The summed E-state index contributed by atoms with van der Waals surface area (Å²) in [5.41, 5.74) is 44.7. The Morgan fingerprint density at radius 1 is 0.116 bits per heavy atom. The minimum Gasteiger partial charge on any atom is -0.248 e. The van der Waals surface area contributed by atoms with E-state index in [1.54, 1.807) is 25.9 Å². The summed E-state index contributed by atoms with van der Waals surface area (Å²) in [7, 11) is -5.39. The maximum absolute atomic E-state index is 5.14. The molecule has 0 N–H and O–H groups in total. The van der Waals surface area contributed by atoms with Gasteiger partial charge in [-0.05, 0) is 195 Å². The Balaban J connectivity index is 0.000000118. The van der Waals surface area contributed by atoms with E-state index >= 15 is 0 Å². The van der Waals surface area contributed by atoms with Crippen molar-refractivity contribution in [1.82, 2.24) is 24.9 Å². The van der Waals surface area contributed by atoms with Gasteiger partial charge in [-0.2, -0.15) is 0 Å². The van der Waals surface area contributed by atoms with Crippen LogP contribution in [0.5, 0.6) is 0 Å². The number of hydrogen-bond acceptors (Lipinski definition) is 5. The first-order chi connectivity index (χ1) is 72.1. The molecule has 6 heterocycles. The molecule has 3 aliphatic heterocycles. The molecule has 20 aromatic carbocycles. The highest BCUT2D eigenvalue weighted by molar-refractivity contribution is 7.06. The predicted molar refractivity (Wildman–Crippen MR) is 627 cm³/mol. The number of aromatic nitrogens is 5. The van der Waals surface area contributed by atoms with Crippen molar-refractivity contribution >= 4 is 55.3 Å². The van der Waals surface area contributed by atoms with Gasteiger partial charge in [-0.3, -0.25) is 0 Å². The normalized spacial score (nSPS) is 12.7. The highest BCUT2D eigenvalue weighted by Gasteiger charge is 2.42. The Hall–Kier alpha value is -17.6. The number of nitrogens with zero attached hydrogens (tertiary/aromatic N) is 5. The molecule has 8 heteroatoms. The van der Waals surface area contributed by atoms with Crippen molar-refractivity contribution in [3.8, 4) is 224 Å². The third-order valence-electron chi connectivity index (χ3n) is 29.9. The number of hydrogen-bond donors (Lipinski definition) is 0. The van der Waals surface area contributed by atoms with Crippen LogP contribution in [0.25, 0.3) is 224 Å². The number of benzene rings is 20. The van der Waals surface area contributed by atoms with Gasteiger partial charge in [0.05, 0.1) is 34.2 Å². The minimum atomic E-state index is -1.81. The summed E-state index contributed by atoms with van der Waals surface area (Å²) >= 11 is 0. The number of pyridine rings is 1. The molecule has 0 bridgehead atoms. The molecule has 147 heavy (non-hydrogen) atoms. The van der Waals surface area contributed by atoms with Gasteiger partial charge in [-0.1, -0.05) is 537 Å². The maximum atomic E-state index is 5.14. The molecule has 0 spiro atoms. The molecule has 5 nitrogen and oxygen atoms in total. The average molecular weight is 1930 g/mol. The molecule has 0 saturated heterocycles. The lowest BCUT2D eigenvalue weighted by Crippen LogP contribution is -2.50. The molecule has 3 aliphatic rings. The molecule has 0 atom stereocenters. The summed E-state index contributed by atoms with van der Waals surface area (Å²) in [6.45, 7) is 14.9. The van der Waals surface area contributed by atoms with Crippen LogP contribution in [0.1, 0.15) is 0 Å². The summed E-state index contributed by atoms with van der Waals surface area (Å²) in [6.07, 6.45) is 0. The van der Waals surface area contributed by atoms with Gasteiger partial charge < -0.3 is 0 Å². The third-order valence-corrected chi connectivity index (χ3v) is 40.7. The van der Waals surface area contributed by atoms with E-state index < -0.39 is 24.2 Å². The monoisotopic (exact) mass is 1930 g/mol. The Morgan fingerprint density at radius 2 is 0.299 bits per heavy atom. The fourth-order valence-corrected chi connectivity index (χ4v) is 32.8. The zero-order valence-corrected chi connectivity index (χ0v) is 86.0. The van der Waals surface area contributed by atoms with Gasteiger partial charge in [0.15, 0.2) is 11.6 Å². The summed E-state index contributed by atoms with van der Waals surface area (Å²) in [5, 5.41) is 9.28. The van der Waals surface area contributed by atoms with E-state index in [9.17, 15) is 0 Å².